The summed E-state index contributed by atoms with van der Waals surface area (Å²) in [6.45, 7) is 6.67. The van der Waals surface area contributed by atoms with E-state index in [1.165, 1.54) is 6.26 Å². The van der Waals surface area contributed by atoms with Gasteiger partial charge in [-0.2, -0.15) is 0 Å². The van der Waals surface area contributed by atoms with Gasteiger partial charge in [0.15, 0.2) is 14.0 Å². The van der Waals surface area contributed by atoms with Gasteiger partial charge in [-0.3, -0.25) is 4.90 Å². The molecule has 0 amide bonds. The summed E-state index contributed by atoms with van der Waals surface area (Å²) in [7, 11) is -3.27. The van der Waals surface area contributed by atoms with Gasteiger partial charge in [0.25, 0.3) is 0 Å². The highest BCUT2D eigenvalue weighted by Gasteiger charge is 2.29. The number of aromatic nitrogens is 4. The van der Waals surface area contributed by atoms with Crippen LogP contribution in [0.1, 0.15) is 55.6 Å². The maximum atomic E-state index is 11.9. The molecule has 1 aliphatic rings. The van der Waals surface area contributed by atoms with E-state index in [1.54, 1.807) is 0 Å². The number of hydrogen-bond acceptors (Lipinski definition) is 8. The lowest BCUT2D eigenvalue weighted by atomic mass is 9.95. The molecule has 0 N–H and O–H groups in total. The number of likely N-dealkylation sites (tertiary alicyclic amines) is 1. The second-order valence-electron chi connectivity index (χ2n) is 6.90. The second-order valence-corrected chi connectivity index (χ2v) is 9.86. The lowest BCUT2D eigenvalue weighted by molar-refractivity contribution is 0.197. The minimum atomic E-state index is -3.27. The Morgan fingerprint density at radius 3 is 2.68 bits per heavy atom. The molecule has 7 nitrogen and oxygen atoms in total. The molecule has 2 aromatic heterocycles. The van der Waals surface area contributed by atoms with Gasteiger partial charge in [-0.25, -0.2) is 18.4 Å². The molecular formula is C16H23N5O2S2. The summed E-state index contributed by atoms with van der Waals surface area (Å²) in [5, 5.41) is 4.12. The molecule has 1 fully saturated rings. The standard InChI is InChI=1S/C16H23N5O2S2/c1-11(2)15-17-7-12(8-18-15)9-21-6-4-5-13(10-21)14-16(24-20-19-14)25(3,22)23/h7-8,11,13H,4-6,9-10H2,1-3H3/t13-/m0/s1. The summed E-state index contributed by atoms with van der Waals surface area (Å²) in [6, 6.07) is 0. The summed E-state index contributed by atoms with van der Waals surface area (Å²) in [5.74, 6) is 1.28. The van der Waals surface area contributed by atoms with Crippen molar-refractivity contribution >= 4 is 21.4 Å². The SMILES string of the molecule is CC(C)c1ncc(CN2CCC[C@H](c3nnsc3S(C)(=O)=O)C2)cn1. The largest absolute Gasteiger partial charge is 0.298 e. The lowest BCUT2D eigenvalue weighted by Gasteiger charge is -2.31. The maximum absolute atomic E-state index is 11.9. The third-order valence-corrected chi connectivity index (χ3v) is 6.91. The van der Waals surface area contributed by atoms with Gasteiger partial charge in [0, 0.05) is 60.7 Å². The second kappa shape index (κ2) is 7.43. The minimum absolute atomic E-state index is 0.105. The Balaban J connectivity index is 1.70. The van der Waals surface area contributed by atoms with E-state index in [2.05, 4.69) is 38.3 Å². The molecule has 0 aliphatic carbocycles. The van der Waals surface area contributed by atoms with Crippen LogP contribution in [0.5, 0.6) is 0 Å². The molecule has 3 heterocycles. The zero-order valence-electron chi connectivity index (χ0n) is 14.7. The van der Waals surface area contributed by atoms with Crippen molar-refractivity contribution in [1.29, 1.82) is 0 Å². The molecule has 0 aromatic carbocycles. The highest BCUT2D eigenvalue weighted by atomic mass is 32.2. The van der Waals surface area contributed by atoms with Gasteiger partial charge in [0.2, 0.25) is 0 Å². The molecule has 1 saturated heterocycles. The Hall–Kier alpha value is -1.45. The molecule has 3 rings (SSSR count). The Morgan fingerprint density at radius 1 is 1.32 bits per heavy atom. The van der Waals surface area contributed by atoms with Gasteiger partial charge in [0.05, 0.1) is 5.69 Å². The van der Waals surface area contributed by atoms with E-state index >= 15 is 0 Å². The average Bonchev–Trinajstić information content (AvgIpc) is 3.05. The number of rotatable bonds is 5. The first-order valence-electron chi connectivity index (χ1n) is 8.40. The van der Waals surface area contributed by atoms with Gasteiger partial charge in [-0.1, -0.05) is 18.3 Å². The summed E-state index contributed by atoms with van der Waals surface area (Å²) in [6.07, 6.45) is 6.94. The van der Waals surface area contributed by atoms with Crippen molar-refractivity contribution in [3.63, 3.8) is 0 Å². The summed E-state index contributed by atoms with van der Waals surface area (Å²) >= 11 is 0.972. The van der Waals surface area contributed by atoms with Crippen molar-refractivity contribution in [3.8, 4) is 0 Å². The molecule has 136 valence electrons. The Labute approximate surface area is 152 Å². The Morgan fingerprint density at radius 2 is 2.04 bits per heavy atom. The molecular weight excluding hydrogens is 358 g/mol. The molecule has 9 heteroatoms. The van der Waals surface area contributed by atoms with Crippen molar-refractivity contribution in [2.24, 2.45) is 0 Å². The zero-order chi connectivity index (χ0) is 18.0. The maximum Gasteiger partial charge on any atom is 0.188 e. The monoisotopic (exact) mass is 381 g/mol. The van der Waals surface area contributed by atoms with E-state index in [0.717, 1.165) is 55.4 Å². The first kappa shape index (κ1) is 18.3. The fourth-order valence-electron chi connectivity index (χ4n) is 3.12. The van der Waals surface area contributed by atoms with E-state index in [4.69, 9.17) is 0 Å². The van der Waals surface area contributed by atoms with Crippen molar-refractivity contribution in [3.05, 3.63) is 29.5 Å². The molecule has 1 aliphatic heterocycles. The molecule has 2 aromatic rings. The van der Waals surface area contributed by atoms with E-state index in [0.29, 0.717) is 15.8 Å². The fourth-order valence-corrected chi connectivity index (χ4v) is 4.85. The average molecular weight is 382 g/mol. The van der Waals surface area contributed by atoms with Crippen LogP contribution in [0.4, 0.5) is 0 Å². The van der Waals surface area contributed by atoms with Gasteiger partial charge >= 0.3 is 0 Å². The Bertz CT molecular complexity index is 817. The lowest BCUT2D eigenvalue weighted by Crippen LogP contribution is -2.34. The molecule has 0 bridgehead atoms. The van der Waals surface area contributed by atoms with E-state index in [1.807, 2.05) is 12.4 Å². The van der Waals surface area contributed by atoms with Crippen LogP contribution in [-0.2, 0) is 16.4 Å². The molecule has 0 radical (unpaired) electrons. The van der Waals surface area contributed by atoms with Crippen LogP contribution in [0.15, 0.2) is 16.6 Å². The summed E-state index contributed by atoms with van der Waals surface area (Å²) < 4.78 is 28.0. The number of nitrogens with zero attached hydrogens (tertiary/aromatic N) is 5. The van der Waals surface area contributed by atoms with Crippen LogP contribution in [-0.4, -0.2) is 52.2 Å². The van der Waals surface area contributed by atoms with Gasteiger partial charge in [0.1, 0.15) is 5.82 Å². The van der Waals surface area contributed by atoms with Gasteiger partial charge in [-0.05, 0) is 19.4 Å². The van der Waals surface area contributed by atoms with Gasteiger partial charge in [-0.15, -0.1) is 5.10 Å². The van der Waals surface area contributed by atoms with Crippen LogP contribution in [0, 0.1) is 0 Å². The smallest absolute Gasteiger partial charge is 0.188 e. The van der Waals surface area contributed by atoms with Crippen LogP contribution in [0.2, 0.25) is 0 Å². The highest BCUT2D eigenvalue weighted by Crippen LogP contribution is 2.32. The first-order valence-corrected chi connectivity index (χ1v) is 11.1. The fraction of sp³-hybridized carbons (Fsp3) is 0.625. The number of sulfone groups is 1. The van der Waals surface area contributed by atoms with Crippen molar-refractivity contribution in [1.82, 2.24) is 24.5 Å². The van der Waals surface area contributed by atoms with Crippen LogP contribution < -0.4 is 0 Å². The first-order chi connectivity index (χ1) is 11.8. The van der Waals surface area contributed by atoms with E-state index in [9.17, 15) is 8.42 Å². The molecule has 0 saturated carbocycles. The molecule has 25 heavy (non-hydrogen) atoms. The minimum Gasteiger partial charge on any atom is -0.298 e. The van der Waals surface area contributed by atoms with Crippen molar-refractivity contribution < 1.29 is 8.42 Å². The zero-order valence-corrected chi connectivity index (χ0v) is 16.3. The van der Waals surface area contributed by atoms with Crippen LogP contribution in [0.3, 0.4) is 0 Å². The quantitative estimate of drug-likeness (QED) is 0.784. The third-order valence-electron chi connectivity index (χ3n) is 4.36. The van der Waals surface area contributed by atoms with E-state index < -0.39 is 9.84 Å². The number of hydrogen-bond donors (Lipinski definition) is 0. The summed E-state index contributed by atoms with van der Waals surface area (Å²) in [5.41, 5.74) is 1.70. The van der Waals surface area contributed by atoms with Crippen molar-refractivity contribution in [2.45, 2.75) is 49.3 Å². The van der Waals surface area contributed by atoms with Gasteiger partial charge < -0.3 is 0 Å². The predicted molar refractivity (Wildman–Crippen MR) is 96.4 cm³/mol. The van der Waals surface area contributed by atoms with E-state index in [-0.39, 0.29) is 5.92 Å². The van der Waals surface area contributed by atoms with Crippen LogP contribution >= 0.6 is 11.5 Å². The topological polar surface area (TPSA) is 88.9 Å². The summed E-state index contributed by atoms with van der Waals surface area (Å²) in [4.78, 5) is 11.2. The molecule has 1 atom stereocenters. The molecule has 0 unspecified atom stereocenters. The highest BCUT2D eigenvalue weighted by molar-refractivity contribution is 7.92. The van der Waals surface area contributed by atoms with Crippen molar-refractivity contribution in [2.75, 3.05) is 19.3 Å². The molecule has 0 spiro atoms. The predicted octanol–water partition coefficient (Wildman–Crippen LogP) is 2.23. The van der Waals surface area contributed by atoms with Crippen LogP contribution in [0.25, 0.3) is 0 Å². The number of piperidine rings is 1. The normalized spacial score (nSPS) is 19.4. The Kier molecular flexibility index (Phi) is 5.45. The third kappa shape index (κ3) is 4.39.